The van der Waals surface area contributed by atoms with E-state index in [4.69, 9.17) is 0 Å². The van der Waals surface area contributed by atoms with Crippen LogP contribution in [0.4, 0.5) is 0 Å². The highest BCUT2D eigenvalue weighted by molar-refractivity contribution is 7.09. The van der Waals surface area contributed by atoms with Crippen molar-refractivity contribution < 1.29 is 0 Å². The molecule has 1 heterocycles. The number of benzene rings is 1. The molecule has 0 radical (unpaired) electrons. The molecule has 90 valence electrons. The fourth-order valence-electron chi connectivity index (χ4n) is 1.95. The molecule has 0 saturated carbocycles. The summed E-state index contributed by atoms with van der Waals surface area (Å²) in [5, 5.41) is 6.78. The largest absolute Gasteiger partial charge is 0.305 e. The topological polar surface area (TPSA) is 24.9 Å². The van der Waals surface area contributed by atoms with E-state index >= 15 is 0 Å². The lowest BCUT2D eigenvalue weighted by atomic mass is 10.0. The number of aryl methyl sites for hydroxylation is 2. The molecule has 0 saturated heterocycles. The first-order chi connectivity index (χ1) is 8.22. The van der Waals surface area contributed by atoms with Gasteiger partial charge in [-0.05, 0) is 31.5 Å². The van der Waals surface area contributed by atoms with E-state index in [-0.39, 0.29) is 6.04 Å². The average Bonchev–Trinajstić information content (AvgIpc) is 2.74. The molecule has 3 heteroatoms. The number of hydrogen-bond acceptors (Lipinski definition) is 3. The lowest BCUT2D eigenvalue weighted by molar-refractivity contribution is 0.623. The maximum atomic E-state index is 4.60. The standard InChI is InChI=1S/C14H18N2S/c1-4-15-13(14-16-11(3)9-17-14)12-8-6-5-7-10(12)2/h5-9,13,15H,4H2,1-3H3. The van der Waals surface area contributed by atoms with Gasteiger partial charge in [0.15, 0.2) is 0 Å². The Hall–Kier alpha value is -1.19. The van der Waals surface area contributed by atoms with Crippen LogP contribution in [0.5, 0.6) is 0 Å². The second-order valence-corrected chi connectivity index (χ2v) is 5.06. The van der Waals surface area contributed by atoms with Gasteiger partial charge in [-0.1, -0.05) is 31.2 Å². The van der Waals surface area contributed by atoms with Crippen molar-refractivity contribution in [2.75, 3.05) is 6.54 Å². The summed E-state index contributed by atoms with van der Waals surface area (Å²) in [5.74, 6) is 0. The van der Waals surface area contributed by atoms with E-state index in [1.165, 1.54) is 11.1 Å². The van der Waals surface area contributed by atoms with Crippen LogP contribution in [-0.2, 0) is 0 Å². The van der Waals surface area contributed by atoms with Crippen LogP contribution in [0.1, 0.15) is 34.8 Å². The predicted molar refractivity (Wildman–Crippen MR) is 73.5 cm³/mol. The quantitative estimate of drug-likeness (QED) is 0.893. The maximum absolute atomic E-state index is 4.60. The summed E-state index contributed by atoms with van der Waals surface area (Å²) in [4.78, 5) is 4.60. The van der Waals surface area contributed by atoms with Crippen molar-refractivity contribution >= 4 is 11.3 Å². The first-order valence-electron chi connectivity index (χ1n) is 5.93. The summed E-state index contributed by atoms with van der Waals surface area (Å²) in [6.07, 6.45) is 0. The van der Waals surface area contributed by atoms with Crippen LogP contribution in [0.2, 0.25) is 0 Å². The van der Waals surface area contributed by atoms with Gasteiger partial charge in [0.1, 0.15) is 5.01 Å². The van der Waals surface area contributed by atoms with E-state index in [2.05, 4.69) is 53.8 Å². The van der Waals surface area contributed by atoms with Crippen molar-refractivity contribution in [3.63, 3.8) is 0 Å². The average molecular weight is 246 g/mol. The lowest BCUT2D eigenvalue weighted by Crippen LogP contribution is -2.22. The third-order valence-corrected chi connectivity index (χ3v) is 3.82. The zero-order valence-electron chi connectivity index (χ0n) is 10.5. The SMILES string of the molecule is CCNC(c1nc(C)cs1)c1ccccc1C. The first-order valence-corrected chi connectivity index (χ1v) is 6.81. The van der Waals surface area contributed by atoms with Gasteiger partial charge in [-0.15, -0.1) is 11.3 Å². The Kier molecular flexibility index (Phi) is 3.92. The molecule has 0 aliphatic rings. The smallest absolute Gasteiger partial charge is 0.114 e. The van der Waals surface area contributed by atoms with Crippen molar-refractivity contribution in [2.45, 2.75) is 26.8 Å². The van der Waals surface area contributed by atoms with Gasteiger partial charge < -0.3 is 5.32 Å². The lowest BCUT2D eigenvalue weighted by Gasteiger charge is -2.18. The molecule has 0 amide bonds. The number of nitrogens with one attached hydrogen (secondary N) is 1. The number of nitrogens with zero attached hydrogens (tertiary/aromatic N) is 1. The van der Waals surface area contributed by atoms with E-state index in [0.29, 0.717) is 0 Å². The summed E-state index contributed by atoms with van der Waals surface area (Å²) < 4.78 is 0. The van der Waals surface area contributed by atoms with Crippen LogP contribution in [-0.4, -0.2) is 11.5 Å². The van der Waals surface area contributed by atoms with Crippen molar-refractivity contribution in [3.8, 4) is 0 Å². The molecule has 0 aliphatic carbocycles. The van der Waals surface area contributed by atoms with E-state index < -0.39 is 0 Å². The fraction of sp³-hybridized carbons (Fsp3) is 0.357. The molecule has 1 N–H and O–H groups in total. The summed E-state index contributed by atoms with van der Waals surface area (Å²) in [7, 11) is 0. The Balaban J connectivity index is 2.39. The van der Waals surface area contributed by atoms with Crippen LogP contribution >= 0.6 is 11.3 Å². The summed E-state index contributed by atoms with van der Waals surface area (Å²) in [6.45, 7) is 7.27. The molecule has 0 fully saturated rings. The molecule has 1 unspecified atom stereocenters. The minimum atomic E-state index is 0.222. The van der Waals surface area contributed by atoms with Crippen molar-refractivity contribution in [2.24, 2.45) is 0 Å². The molecule has 1 aromatic heterocycles. The minimum absolute atomic E-state index is 0.222. The van der Waals surface area contributed by atoms with Crippen LogP contribution < -0.4 is 5.32 Å². The molecule has 0 spiro atoms. The molecule has 17 heavy (non-hydrogen) atoms. The van der Waals surface area contributed by atoms with Gasteiger partial charge >= 0.3 is 0 Å². The van der Waals surface area contributed by atoms with Gasteiger partial charge in [0.2, 0.25) is 0 Å². The normalized spacial score (nSPS) is 12.6. The Bertz CT molecular complexity index is 490. The molecule has 0 aliphatic heterocycles. The number of rotatable bonds is 4. The number of thiazole rings is 1. The molecule has 2 aromatic rings. The van der Waals surface area contributed by atoms with Gasteiger partial charge in [0.25, 0.3) is 0 Å². The van der Waals surface area contributed by atoms with E-state index in [1.54, 1.807) is 11.3 Å². The summed E-state index contributed by atoms with van der Waals surface area (Å²) in [6, 6.07) is 8.72. The van der Waals surface area contributed by atoms with E-state index in [9.17, 15) is 0 Å². The highest BCUT2D eigenvalue weighted by Gasteiger charge is 2.17. The minimum Gasteiger partial charge on any atom is -0.305 e. The van der Waals surface area contributed by atoms with Crippen LogP contribution in [0, 0.1) is 13.8 Å². The molecule has 1 atom stereocenters. The highest BCUT2D eigenvalue weighted by Crippen LogP contribution is 2.27. The molecule has 2 rings (SSSR count). The van der Waals surface area contributed by atoms with Crippen LogP contribution in [0.3, 0.4) is 0 Å². The summed E-state index contributed by atoms with van der Waals surface area (Å²) >= 11 is 1.73. The molecule has 1 aromatic carbocycles. The predicted octanol–water partition coefficient (Wildman–Crippen LogP) is 3.46. The van der Waals surface area contributed by atoms with E-state index in [1.807, 2.05) is 6.92 Å². The Morgan fingerprint density at radius 1 is 1.29 bits per heavy atom. The summed E-state index contributed by atoms with van der Waals surface area (Å²) in [5.41, 5.74) is 3.73. The van der Waals surface area contributed by atoms with Gasteiger partial charge in [0.05, 0.1) is 6.04 Å². The Morgan fingerprint density at radius 2 is 2.06 bits per heavy atom. The third kappa shape index (κ3) is 2.73. The number of aromatic nitrogens is 1. The maximum Gasteiger partial charge on any atom is 0.114 e. The van der Waals surface area contributed by atoms with Gasteiger partial charge in [-0.3, -0.25) is 0 Å². The van der Waals surface area contributed by atoms with Crippen LogP contribution in [0.15, 0.2) is 29.6 Å². The van der Waals surface area contributed by atoms with Crippen molar-refractivity contribution in [1.29, 1.82) is 0 Å². The second kappa shape index (κ2) is 5.43. The zero-order chi connectivity index (χ0) is 12.3. The first kappa shape index (κ1) is 12.3. The highest BCUT2D eigenvalue weighted by atomic mass is 32.1. The fourth-order valence-corrected chi connectivity index (χ4v) is 2.84. The van der Waals surface area contributed by atoms with Crippen molar-refractivity contribution in [3.05, 3.63) is 51.5 Å². The van der Waals surface area contributed by atoms with E-state index in [0.717, 1.165) is 17.2 Å². The molecule has 2 nitrogen and oxygen atoms in total. The third-order valence-electron chi connectivity index (χ3n) is 2.79. The van der Waals surface area contributed by atoms with Crippen LogP contribution in [0.25, 0.3) is 0 Å². The number of hydrogen-bond donors (Lipinski definition) is 1. The van der Waals surface area contributed by atoms with Gasteiger partial charge in [0, 0.05) is 11.1 Å². The van der Waals surface area contributed by atoms with Gasteiger partial charge in [-0.25, -0.2) is 4.98 Å². The molecular weight excluding hydrogens is 228 g/mol. The zero-order valence-corrected chi connectivity index (χ0v) is 11.3. The molecule has 0 bridgehead atoms. The van der Waals surface area contributed by atoms with Crippen molar-refractivity contribution in [1.82, 2.24) is 10.3 Å². The second-order valence-electron chi connectivity index (χ2n) is 4.17. The van der Waals surface area contributed by atoms with Gasteiger partial charge in [-0.2, -0.15) is 0 Å². The molecular formula is C14H18N2S. The Morgan fingerprint density at radius 3 is 2.65 bits per heavy atom. The monoisotopic (exact) mass is 246 g/mol. The Labute approximate surface area is 107 Å².